The summed E-state index contributed by atoms with van der Waals surface area (Å²) in [4.78, 5) is 165. The molecule has 0 unspecified atom stereocenters. The van der Waals surface area contributed by atoms with Crippen molar-refractivity contribution in [2.24, 2.45) is 46.3 Å². The van der Waals surface area contributed by atoms with Crippen LogP contribution in [0.2, 0.25) is 0 Å². The van der Waals surface area contributed by atoms with Crippen LogP contribution in [0, 0.1) is 82.1 Å². The maximum atomic E-state index is 14.5. The van der Waals surface area contributed by atoms with Gasteiger partial charge in [-0.3, -0.25) is 47.9 Å². The quantitative estimate of drug-likeness (QED) is 0.0105. The molecule has 5 aliphatic rings. The van der Waals surface area contributed by atoms with Crippen LogP contribution in [0.4, 0.5) is 0 Å². The monoisotopic (exact) mass is 1770 g/mol. The molecule has 0 atom stereocenters. The first-order valence-electron chi connectivity index (χ1n) is 40.7. The Morgan fingerprint density at radius 2 is 0.661 bits per heavy atom. The van der Waals surface area contributed by atoms with Crippen LogP contribution in [0.25, 0.3) is 9.69 Å². The van der Waals surface area contributed by atoms with Crippen LogP contribution in [0.5, 0.6) is 34.5 Å². The smallest absolute Gasteiger partial charge is 0.330 e. The number of nitrogens with zero attached hydrogens (tertiary/aromatic N) is 4. The van der Waals surface area contributed by atoms with Gasteiger partial charge in [-0.2, -0.15) is 0 Å². The lowest BCUT2D eigenvalue weighted by molar-refractivity contribution is -0.154. The molecular formula is C92H100N4O24S4. The van der Waals surface area contributed by atoms with Crippen molar-refractivity contribution < 1.29 is 114 Å². The van der Waals surface area contributed by atoms with Crippen molar-refractivity contribution >= 4 is 119 Å². The van der Waals surface area contributed by atoms with Crippen LogP contribution < -0.4 is 28.4 Å². The fourth-order valence-corrected chi connectivity index (χ4v) is 18.7. The average Bonchev–Trinajstić information content (AvgIpc) is 1.58. The molecule has 4 aromatic rings. The first-order chi connectivity index (χ1) is 58.8. The van der Waals surface area contributed by atoms with Crippen LogP contribution in [0.3, 0.4) is 0 Å². The third-order valence-corrected chi connectivity index (χ3v) is 26.2. The molecule has 0 radical (unpaired) electrons. The number of fused-ring (bicyclic) bond motifs is 2. The lowest BCUT2D eigenvalue weighted by Crippen LogP contribution is -2.31. The highest BCUT2D eigenvalue weighted by Gasteiger charge is 2.43. The van der Waals surface area contributed by atoms with Gasteiger partial charge in [-0.25, -0.2) is 29.8 Å². The van der Waals surface area contributed by atoms with E-state index in [9.17, 15) is 68.1 Å². The standard InChI is InChI=1S/C92H100N4O24S4/c1-15-69(97)111-49-91(9,10)51-113-73(101)39-37-71(99)109-43-41-53-17-33-61(34-18-53)115-81(103)55-21-29-59(30-22-55)85(107)119-75-63(89(3,4)5)45-67(77-79(75)123-87(121-77)65(47-93)95-13)117-83(105)57-25-27-58(28-26-57)84(106)118-68-46-64(90(6,7)8)76(80-78(68)122-88(124-80)66(48-94)96-14)120-86(108)60-31-23-56(24-32-60)82(104)116-62-35-19-54(20-36-62)42-44-110-72(100)38-40-74(102)114-52-92(11,12)50-112-70(98)16-2/h15-20,33-36,45-46,55-60H,1-2,21-32,37-44,49-52H2,3-12H3/b87-65-,88-66+. The third kappa shape index (κ3) is 27.4. The summed E-state index contributed by atoms with van der Waals surface area (Å²) in [5.74, 6) is -9.20. The van der Waals surface area contributed by atoms with Crippen molar-refractivity contribution in [3.05, 3.63) is 151 Å². The van der Waals surface area contributed by atoms with E-state index in [4.69, 9.17) is 70.0 Å². The van der Waals surface area contributed by atoms with Gasteiger partial charge in [-0.1, -0.05) is 154 Å². The summed E-state index contributed by atoms with van der Waals surface area (Å²) in [6.07, 6.45) is 5.38. The lowest BCUT2D eigenvalue weighted by atomic mass is 9.82. The Balaban J connectivity index is 0.760. The second-order valence-corrected chi connectivity index (χ2v) is 38.7. The van der Waals surface area contributed by atoms with Gasteiger partial charge in [0.25, 0.3) is 11.4 Å². The summed E-state index contributed by atoms with van der Waals surface area (Å²) in [7, 11) is 0. The van der Waals surface area contributed by atoms with E-state index in [-0.39, 0.29) is 125 Å². The van der Waals surface area contributed by atoms with Crippen LogP contribution in [-0.2, 0) is 110 Å². The average molecular weight is 1770 g/mol. The lowest BCUT2D eigenvalue weighted by Gasteiger charge is -2.29. The molecule has 3 aliphatic carbocycles. The molecular weight excluding hydrogens is 1670 g/mol. The Hall–Kier alpha value is -11.2. The van der Waals surface area contributed by atoms with E-state index in [0.717, 1.165) is 70.3 Å². The number of rotatable bonds is 34. The zero-order valence-electron chi connectivity index (χ0n) is 71.0. The molecule has 0 bridgehead atoms. The van der Waals surface area contributed by atoms with Gasteiger partial charge in [0.1, 0.15) is 34.5 Å². The van der Waals surface area contributed by atoms with Gasteiger partial charge in [-0.15, -0.1) is 0 Å². The number of allylic oxidation sites excluding steroid dienone is 2. The highest BCUT2D eigenvalue weighted by Crippen LogP contribution is 2.63. The first-order valence-corrected chi connectivity index (χ1v) is 44.0. The topological polar surface area (TPSA) is 372 Å². The van der Waals surface area contributed by atoms with Crippen LogP contribution in [0.1, 0.15) is 194 Å². The minimum Gasteiger partial charge on any atom is -0.465 e. The van der Waals surface area contributed by atoms with Gasteiger partial charge in [0, 0.05) is 47.0 Å². The molecule has 0 N–H and O–H groups in total. The molecule has 9 rings (SSSR count). The fraction of sp³-hybridized carbons (Fsp3) is 0.478. The van der Waals surface area contributed by atoms with Crippen LogP contribution in [-0.4, -0.2) is 111 Å². The molecule has 28 nitrogen and oxygen atoms in total. The summed E-state index contributed by atoms with van der Waals surface area (Å²) in [5, 5.41) is 20.1. The van der Waals surface area contributed by atoms with E-state index in [1.54, 1.807) is 88.4 Å². The minimum absolute atomic E-state index is 0.0102. The highest BCUT2D eigenvalue weighted by atomic mass is 32.2. The van der Waals surface area contributed by atoms with E-state index in [0.29, 0.717) is 115 Å². The summed E-state index contributed by atoms with van der Waals surface area (Å²) in [6, 6.07) is 20.6. The number of nitriles is 2. The molecule has 2 heterocycles. The highest BCUT2D eigenvalue weighted by molar-refractivity contribution is 8.25. The van der Waals surface area contributed by atoms with Gasteiger partial charge >= 0.3 is 71.6 Å². The van der Waals surface area contributed by atoms with E-state index in [1.165, 1.54) is 0 Å². The molecule has 0 spiro atoms. The van der Waals surface area contributed by atoms with E-state index >= 15 is 0 Å². The Labute approximate surface area is 737 Å². The van der Waals surface area contributed by atoms with Crippen molar-refractivity contribution in [3.63, 3.8) is 0 Å². The fourth-order valence-electron chi connectivity index (χ4n) is 13.7. The molecule has 656 valence electrons. The summed E-state index contributed by atoms with van der Waals surface area (Å²) >= 11 is 4.21. The summed E-state index contributed by atoms with van der Waals surface area (Å²) in [5.41, 5.74) is -0.631. The largest absolute Gasteiger partial charge is 0.465 e. The number of esters is 12. The summed E-state index contributed by atoms with van der Waals surface area (Å²) in [6.45, 7) is 40.8. The van der Waals surface area contributed by atoms with Crippen molar-refractivity contribution in [2.75, 3.05) is 39.6 Å². The van der Waals surface area contributed by atoms with Gasteiger partial charge in [-0.05, 0) is 135 Å². The van der Waals surface area contributed by atoms with Crippen molar-refractivity contribution in [3.8, 4) is 46.6 Å². The van der Waals surface area contributed by atoms with E-state index < -0.39 is 129 Å². The summed E-state index contributed by atoms with van der Waals surface area (Å²) < 4.78 is 68.7. The number of hydrogen-bond donors (Lipinski definition) is 0. The van der Waals surface area contributed by atoms with Crippen molar-refractivity contribution in [1.82, 2.24) is 0 Å². The number of carbonyl (C=O) groups excluding carboxylic acids is 12. The Morgan fingerprint density at radius 3 is 0.935 bits per heavy atom. The number of benzene rings is 4. The Morgan fingerprint density at radius 1 is 0.395 bits per heavy atom. The van der Waals surface area contributed by atoms with Gasteiger partial charge < -0.3 is 56.8 Å². The Kier molecular flexibility index (Phi) is 34.2. The SMILES string of the molecule is [C-]#[N+]/C(C#N)=C1/Sc2c(OC(=O)C3CCC(C(=O)Oc4cc(C(C)(C)C)c(OC(=O)C5CCC(C(=O)Oc6ccc(CCOC(=O)CCC(=O)OCC(C)(C)COC(=O)C=C)cc6)CC5)c5c4S/C(=C(/C#N)[N+]#[C-])S5)CC3)cc(C(C)(C)C)c(OC(=O)C3CCC(C(=O)Oc4ccc(CCOC(=O)CCC(=O)OCC(C)(C)COC(=O)C=C)cc4)CC3)c2S1. The molecule has 0 saturated heterocycles. The maximum absolute atomic E-state index is 14.5. The predicted molar refractivity (Wildman–Crippen MR) is 455 cm³/mol. The first kappa shape index (κ1) is 96.7. The van der Waals surface area contributed by atoms with Crippen molar-refractivity contribution in [2.45, 2.75) is 215 Å². The zero-order valence-corrected chi connectivity index (χ0v) is 74.3. The molecule has 0 amide bonds. The third-order valence-electron chi connectivity index (χ3n) is 21.0. The minimum atomic E-state index is -0.742. The molecule has 3 saturated carbocycles. The zero-order chi connectivity index (χ0) is 90.4. The predicted octanol–water partition coefficient (Wildman–Crippen LogP) is 17.2. The molecule has 3 fully saturated rings. The van der Waals surface area contributed by atoms with Crippen molar-refractivity contribution in [1.29, 1.82) is 10.5 Å². The Bertz CT molecular complexity index is 4680. The van der Waals surface area contributed by atoms with E-state index in [2.05, 4.69) is 22.8 Å². The molecule has 0 aromatic heterocycles. The number of ether oxygens (including phenoxy) is 12. The van der Waals surface area contributed by atoms with Gasteiger partial charge in [0.2, 0.25) is 0 Å². The van der Waals surface area contributed by atoms with Gasteiger partial charge in [0.05, 0.1) is 154 Å². The second kappa shape index (κ2) is 43.9. The molecule has 32 heteroatoms. The van der Waals surface area contributed by atoms with E-state index in [1.807, 2.05) is 53.7 Å². The number of carbonyl (C=O) groups is 12. The number of hydrogen-bond acceptors (Lipinski definition) is 30. The molecule has 4 aromatic carbocycles. The molecule has 124 heavy (non-hydrogen) atoms. The maximum Gasteiger partial charge on any atom is 0.330 e. The normalized spacial score (nSPS) is 18.7. The number of thioether (sulfide) groups is 4. The van der Waals surface area contributed by atoms with Gasteiger partial charge in [0.15, 0.2) is 0 Å². The van der Waals surface area contributed by atoms with Crippen LogP contribution in [0.15, 0.2) is 125 Å². The second-order valence-electron chi connectivity index (χ2n) is 34.1. The molecule has 2 aliphatic heterocycles. The van der Waals surface area contributed by atoms with Crippen LogP contribution >= 0.6 is 47.0 Å².